The lowest BCUT2D eigenvalue weighted by atomic mass is 9.79. The third-order valence-corrected chi connectivity index (χ3v) is 7.48. The van der Waals surface area contributed by atoms with Crippen molar-refractivity contribution in [3.8, 4) is 0 Å². The molecule has 2 aromatic heterocycles. The number of aryl methyl sites for hydroxylation is 1. The molecule has 1 saturated heterocycles. The van der Waals surface area contributed by atoms with Gasteiger partial charge in [0.15, 0.2) is 0 Å². The minimum Gasteiger partial charge on any atom is -0.399 e. The third kappa shape index (κ3) is 3.04. The van der Waals surface area contributed by atoms with E-state index in [0.717, 1.165) is 9.54 Å². The number of nitrogens with zero attached hydrogens (tertiary/aromatic N) is 1. The van der Waals surface area contributed by atoms with Crippen LogP contribution in [0.3, 0.4) is 0 Å². The van der Waals surface area contributed by atoms with Gasteiger partial charge in [-0.25, -0.2) is 12.4 Å². The van der Waals surface area contributed by atoms with Gasteiger partial charge in [-0.2, -0.15) is 0 Å². The number of H-pyrrole nitrogens is 1. The molecule has 3 aromatic rings. The maximum absolute atomic E-state index is 13.3. The molecule has 1 aromatic carbocycles. The predicted molar refractivity (Wildman–Crippen MR) is 112 cm³/mol. The van der Waals surface area contributed by atoms with E-state index in [1.165, 1.54) is 24.5 Å². The first kappa shape index (κ1) is 19.9. The maximum atomic E-state index is 13.3. The zero-order valence-corrected chi connectivity index (χ0v) is 17.8. The van der Waals surface area contributed by atoms with Crippen LogP contribution in [0.4, 0.5) is 0 Å². The number of hydrogen-bond donors (Lipinski definition) is 1. The van der Waals surface area contributed by atoms with Gasteiger partial charge in [0.25, 0.3) is 15.6 Å². The Balaban J connectivity index is 1.94. The van der Waals surface area contributed by atoms with Gasteiger partial charge in [-0.3, -0.25) is 4.79 Å². The Morgan fingerprint density at radius 3 is 2.17 bits per heavy atom. The van der Waals surface area contributed by atoms with Crippen LogP contribution in [-0.2, 0) is 19.3 Å². The van der Waals surface area contributed by atoms with E-state index in [2.05, 4.69) is 4.98 Å². The Bertz CT molecular complexity index is 1240. The SMILES string of the molecule is Cc1ccc(S(=O)(=O)n2cc(B3OC(C)(C)C(C)(C)O3)c3cc[nH]c(=O)c32)cc1. The van der Waals surface area contributed by atoms with Gasteiger partial charge in [0, 0.05) is 23.2 Å². The normalized spacial score (nSPS) is 18.4. The van der Waals surface area contributed by atoms with E-state index in [4.69, 9.17) is 9.31 Å². The van der Waals surface area contributed by atoms with Crippen molar-refractivity contribution in [1.29, 1.82) is 0 Å². The highest BCUT2D eigenvalue weighted by molar-refractivity contribution is 7.90. The molecule has 4 rings (SSSR count). The summed E-state index contributed by atoms with van der Waals surface area (Å²) in [5, 5.41) is 0.475. The second-order valence-electron chi connectivity index (χ2n) is 8.36. The Hall–Kier alpha value is -2.36. The fraction of sp³-hybridized carbons (Fsp3) is 0.350. The molecule has 0 aliphatic carbocycles. The fourth-order valence-electron chi connectivity index (χ4n) is 3.35. The van der Waals surface area contributed by atoms with Crippen LogP contribution in [0.5, 0.6) is 0 Å². The number of benzene rings is 1. The van der Waals surface area contributed by atoms with Crippen LogP contribution in [0.15, 0.2) is 52.4 Å². The van der Waals surface area contributed by atoms with E-state index >= 15 is 0 Å². The summed E-state index contributed by atoms with van der Waals surface area (Å²) in [6.07, 6.45) is 2.92. The van der Waals surface area contributed by atoms with E-state index in [1.54, 1.807) is 18.2 Å². The van der Waals surface area contributed by atoms with E-state index in [0.29, 0.717) is 10.8 Å². The largest absolute Gasteiger partial charge is 0.497 e. The minimum atomic E-state index is -3.99. The van der Waals surface area contributed by atoms with Gasteiger partial charge in [-0.15, -0.1) is 0 Å². The van der Waals surface area contributed by atoms with Crippen molar-refractivity contribution in [2.45, 2.75) is 50.7 Å². The fourth-order valence-corrected chi connectivity index (χ4v) is 4.73. The quantitative estimate of drug-likeness (QED) is 0.664. The number of hydrogen-bond acceptors (Lipinski definition) is 5. The number of pyridine rings is 1. The summed E-state index contributed by atoms with van der Waals surface area (Å²) >= 11 is 0. The van der Waals surface area contributed by atoms with E-state index in [-0.39, 0.29) is 10.4 Å². The average molecular weight is 414 g/mol. The van der Waals surface area contributed by atoms with Crippen LogP contribution in [-0.4, -0.2) is 35.7 Å². The third-order valence-electron chi connectivity index (χ3n) is 5.81. The Morgan fingerprint density at radius 1 is 1.00 bits per heavy atom. The highest BCUT2D eigenvalue weighted by Gasteiger charge is 2.52. The molecule has 152 valence electrons. The molecule has 0 atom stereocenters. The second-order valence-corrected chi connectivity index (χ2v) is 10.2. The van der Waals surface area contributed by atoms with Gasteiger partial charge >= 0.3 is 7.12 Å². The van der Waals surface area contributed by atoms with Crippen molar-refractivity contribution in [2.24, 2.45) is 0 Å². The molecule has 0 saturated carbocycles. The first-order valence-electron chi connectivity index (χ1n) is 9.35. The van der Waals surface area contributed by atoms with Crippen molar-refractivity contribution < 1.29 is 17.7 Å². The molecular weight excluding hydrogens is 391 g/mol. The molecule has 0 unspecified atom stereocenters. The highest BCUT2D eigenvalue weighted by atomic mass is 32.2. The summed E-state index contributed by atoms with van der Waals surface area (Å²) in [6, 6.07) is 8.17. The van der Waals surface area contributed by atoms with Crippen molar-refractivity contribution in [3.05, 3.63) is 58.6 Å². The summed E-state index contributed by atoms with van der Waals surface area (Å²) in [7, 11) is -4.78. The summed E-state index contributed by atoms with van der Waals surface area (Å²) < 4.78 is 39.9. The molecular formula is C20H23BN2O5S. The summed E-state index contributed by atoms with van der Waals surface area (Å²) in [4.78, 5) is 15.3. The molecule has 0 spiro atoms. The molecule has 1 aliphatic heterocycles. The highest BCUT2D eigenvalue weighted by Crippen LogP contribution is 2.37. The Morgan fingerprint density at radius 2 is 1.59 bits per heavy atom. The van der Waals surface area contributed by atoms with E-state index in [9.17, 15) is 13.2 Å². The molecule has 0 bridgehead atoms. The van der Waals surface area contributed by atoms with Gasteiger partial charge in [-0.05, 0) is 52.8 Å². The zero-order valence-electron chi connectivity index (χ0n) is 17.0. The second kappa shape index (κ2) is 6.32. The topological polar surface area (TPSA) is 90.4 Å². The van der Waals surface area contributed by atoms with Crippen LogP contribution >= 0.6 is 0 Å². The molecule has 1 fully saturated rings. The van der Waals surface area contributed by atoms with Crippen LogP contribution in [0.25, 0.3) is 10.9 Å². The number of nitrogens with one attached hydrogen (secondary N) is 1. The van der Waals surface area contributed by atoms with Crippen LogP contribution in [0.1, 0.15) is 33.3 Å². The number of rotatable bonds is 3. The zero-order chi connectivity index (χ0) is 21.2. The van der Waals surface area contributed by atoms with Crippen LogP contribution in [0, 0.1) is 6.92 Å². The summed E-state index contributed by atoms with van der Waals surface area (Å²) in [6.45, 7) is 9.55. The molecule has 3 heterocycles. The summed E-state index contributed by atoms with van der Waals surface area (Å²) in [5.41, 5.74) is -0.206. The number of fused-ring (bicyclic) bond motifs is 1. The van der Waals surface area contributed by atoms with Crippen molar-refractivity contribution >= 4 is 33.5 Å². The smallest absolute Gasteiger partial charge is 0.399 e. The van der Waals surface area contributed by atoms with Crippen LogP contribution in [0.2, 0.25) is 0 Å². The first-order valence-corrected chi connectivity index (χ1v) is 10.8. The molecule has 29 heavy (non-hydrogen) atoms. The molecule has 0 amide bonds. The van der Waals surface area contributed by atoms with Crippen molar-refractivity contribution in [1.82, 2.24) is 8.96 Å². The number of aromatic amines is 1. The predicted octanol–water partition coefficient (Wildman–Crippen LogP) is 2.17. The maximum Gasteiger partial charge on any atom is 0.497 e. The van der Waals surface area contributed by atoms with Crippen molar-refractivity contribution in [3.63, 3.8) is 0 Å². The van der Waals surface area contributed by atoms with E-state index < -0.39 is 33.9 Å². The molecule has 1 aliphatic rings. The average Bonchev–Trinajstić information content (AvgIpc) is 3.12. The van der Waals surface area contributed by atoms with Crippen LogP contribution < -0.4 is 11.0 Å². The Labute approximate surface area is 169 Å². The molecule has 9 heteroatoms. The lowest BCUT2D eigenvalue weighted by molar-refractivity contribution is 0.00578. The summed E-state index contributed by atoms with van der Waals surface area (Å²) in [5.74, 6) is 0. The lowest BCUT2D eigenvalue weighted by Crippen LogP contribution is -2.41. The van der Waals surface area contributed by atoms with Gasteiger partial charge in [0.1, 0.15) is 5.52 Å². The van der Waals surface area contributed by atoms with Gasteiger partial charge in [0.2, 0.25) is 0 Å². The number of aromatic nitrogens is 2. The molecule has 0 radical (unpaired) electrons. The standard InChI is InChI=1S/C20H23BN2O5S/c1-13-6-8-14(9-7-13)29(25,26)23-12-16(15-10-11-22-18(24)17(15)23)21-27-19(2,3)20(4,5)28-21/h6-12H,1-5H3,(H,22,24). The molecule has 1 N–H and O–H groups in total. The monoisotopic (exact) mass is 414 g/mol. The van der Waals surface area contributed by atoms with Crippen molar-refractivity contribution in [2.75, 3.05) is 0 Å². The van der Waals surface area contributed by atoms with Gasteiger partial charge in [0.05, 0.1) is 16.1 Å². The lowest BCUT2D eigenvalue weighted by Gasteiger charge is -2.32. The van der Waals surface area contributed by atoms with Gasteiger partial charge < -0.3 is 14.3 Å². The van der Waals surface area contributed by atoms with Gasteiger partial charge in [-0.1, -0.05) is 17.7 Å². The molecule has 7 nitrogen and oxygen atoms in total. The van der Waals surface area contributed by atoms with E-state index in [1.807, 2.05) is 34.6 Å². The minimum absolute atomic E-state index is 0.0396. The first-order chi connectivity index (χ1) is 13.4. The Kier molecular flexibility index (Phi) is 4.35.